The van der Waals surface area contributed by atoms with E-state index >= 15 is 0 Å². The Morgan fingerprint density at radius 2 is 1.95 bits per heavy atom. The van der Waals surface area contributed by atoms with Gasteiger partial charge < -0.3 is 14.6 Å². The molecule has 112 valence electrons. The van der Waals surface area contributed by atoms with E-state index in [0.717, 1.165) is 38.0 Å². The first-order valence-electron chi connectivity index (χ1n) is 7.45. The second-order valence-electron chi connectivity index (χ2n) is 6.37. The van der Waals surface area contributed by atoms with Gasteiger partial charge in [0.15, 0.2) is 0 Å². The molecule has 0 amide bonds. The van der Waals surface area contributed by atoms with Crippen molar-refractivity contribution in [3.05, 3.63) is 29.8 Å². The zero-order chi connectivity index (χ0) is 14.6. The lowest BCUT2D eigenvalue weighted by molar-refractivity contribution is -0.0689. The number of rotatable bonds is 5. The Labute approximate surface area is 121 Å². The quantitative estimate of drug-likeness (QED) is 0.899. The van der Waals surface area contributed by atoms with Crippen molar-refractivity contribution >= 4 is 0 Å². The van der Waals surface area contributed by atoms with Crippen LogP contribution in [-0.2, 0) is 11.2 Å². The summed E-state index contributed by atoms with van der Waals surface area (Å²) in [7, 11) is 1.71. The maximum Gasteiger partial charge on any atom is 0.125 e. The molecule has 3 nitrogen and oxygen atoms in total. The average molecular weight is 278 g/mol. The van der Waals surface area contributed by atoms with Gasteiger partial charge >= 0.3 is 0 Å². The molecule has 0 radical (unpaired) electrons. The smallest absolute Gasteiger partial charge is 0.125 e. The van der Waals surface area contributed by atoms with Crippen LogP contribution < -0.4 is 4.74 Å². The van der Waals surface area contributed by atoms with E-state index in [1.165, 1.54) is 5.56 Å². The molecule has 1 fully saturated rings. The molecule has 0 aromatic heterocycles. The van der Waals surface area contributed by atoms with Gasteiger partial charge in [0.1, 0.15) is 11.9 Å². The summed E-state index contributed by atoms with van der Waals surface area (Å²) in [4.78, 5) is 0. The van der Waals surface area contributed by atoms with Crippen LogP contribution in [0.5, 0.6) is 5.75 Å². The van der Waals surface area contributed by atoms with Gasteiger partial charge in [-0.1, -0.05) is 26.0 Å². The van der Waals surface area contributed by atoms with Gasteiger partial charge in [0.25, 0.3) is 0 Å². The molecule has 1 saturated carbocycles. The van der Waals surface area contributed by atoms with Gasteiger partial charge in [-0.15, -0.1) is 0 Å². The van der Waals surface area contributed by atoms with Crippen LogP contribution in [0.25, 0.3) is 0 Å². The highest BCUT2D eigenvalue weighted by atomic mass is 16.5. The highest BCUT2D eigenvalue weighted by Gasteiger charge is 2.38. The predicted molar refractivity (Wildman–Crippen MR) is 80.1 cm³/mol. The number of hydrogen-bond acceptors (Lipinski definition) is 3. The van der Waals surface area contributed by atoms with Gasteiger partial charge in [-0.05, 0) is 48.8 Å². The first kappa shape index (κ1) is 15.3. The fraction of sp³-hybridized carbons (Fsp3) is 0.647. The van der Waals surface area contributed by atoms with Crippen molar-refractivity contribution in [1.82, 2.24) is 0 Å². The van der Waals surface area contributed by atoms with E-state index in [2.05, 4.69) is 26.0 Å². The van der Waals surface area contributed by atoms with Gasteiger partial charge in [-0.3, -0.25) is 0 Å². The Bertz CT molecular complexity index is 411. The Hall–Kier alpha value is -1.06. The fourth-order valence-corrected chi connectivity index (χ4v) is 2.82. The third kappa shape index (κ3) is 3.74. The molecule has 0 heterocycles. The molecule has 1 aromatic carbocycles. The molecule has 0 bridgehead atoms. The van der Waals surface area contributed by atoms with Crippen LogP contribution in [-0.4, -0.2) is 31.0 Å². The Balaban J connectivity index is 1.95. The summed E-state index contributed by atoms with van der Waals surface area (Å²) in [5, 5.41) is 10.4. The molecule has 1 N–H and O–H groups in total. The van der Waals surface area contributed by atoms with E-state index in [9.17, 15) is 5.11 Å². The summed E-state index contributed by atoms with van der Waals surface area (Å²) in [6, 6.07) is 8.10. The van der Waals surface area contributed by atoms with Crippen LogP contribution in [0.15, 0.2) is 24.3 Å². The standard InChI is InChI=1S/C17H26O3/c1-17(2)11-4-5-15(16(17)18)20-14-8-6-13(7-9-14)10-12-19-3/h6-9,15-16,18H,4-5,10-12H2,1-3H3. The molecule has 2 atom stereocenters. The van der Waals surface area contributed by atoms with E-state index in [-0.39, 0.29) is 11.5 Å². The molecule has 2 unspecified atom stereocenters. The van der Waals surface area contributed by atoms with Gasteiger partial charge in [-0.25, -0.2) is 0 Å². The second-order valence-corrected chi connectivity index (χ2v) is 6.37. The van der Waals surface area contributed by atoms with Crippen molar-refractivity contribution in [3.8, 4) is 5.75 Å². The van der Waals surface area contributed by atoms with Crippen molar-refractivity contribution in [2.75, 3.05) is 13.7 Å². The van der Waals surface area contributed by atoms with Crippen molar-refractivity contribution in [2.45, 2.75) is 51.7 Å². The van der Waals surface area contributed by atoms with Crippen molar-refractivity contribution < 1.29 is 14.6 Å². The minimum absolute atomic E-state index is 0.0542. The largest absolute Gasteiger partial charge is 0.488 e. The Morgan fingerprint density at radius 1 is 1.25 bits per heavy atom. The normalized spacial score (nSPS) is 25.4. The van der Waals surface area contributed by atoms with E-state index in [0.29, 0.717) is 0 Å². The third-order valence-electron chi connectivity index (χ3n) is 4.27. The molecule has 0 aliphatic heterocycles. The van der Waals surface area contributed by atoms with Crippen LogP contribution in [0.3, 0.4) is 0 Å². The fourth-order valence-electron chi connectivity index (χ4n) is 2.82. The third-order valence-corrected chi connectivity index (χ3v) is 4.27. The lowest BCUT2D eigenvalue weighted by Gasteiger charge is -2.40. The number of aliphatic hydroxyl groups is 1. The number of methoxy groups -OCH3 is 1. The molecule has 2 rings (SSSR count). The van der Waals surface area contributed by atoms with E-state index in [1.54, 1.807) is 7.11 Å². The van der Waals surface area contributed by atoms with Crippen LogP contribution in [0.1, 0.15) is 38.7 Å². The topological polar surface area (TPSA) is 38.7 Å². The number of aliphatic hydroxyl groups excluding tert-OH is 1. The summed E-state index contributed by atoms with van der Waals surface area (Å²) in [6.45, 7) is 4.96. The molecular weight excluding hydrogens is 252 g/mol. The first-order chi connectivity index (χ1) is 9.53. The monoisotopic (exact) mass is 278 g/mol. The van der Waals surface area contributed by atoms with Crippen LogP contribution >= 0.6 is 0 Å². The van der Waals surface area contributed by atoms with E-state index < -0.39 is 6.10 Å². The maximum atomic E-state index is 10.4. The molecule has 1 aromatic rings. The molecule has 3 heteroatoms. The zero-order valence-corrected chi connectivity index (χ0v) is 12.8. The number of benzene rings is 1. The highest BCUT2D eigenvalue weighted by molar-refractivity contribution is 5.27. The van der Waals surface area contributed by atoms with Gasteiger partial charge in [0.2, 0.25) is 0 Å². The second kappa shape index (κ2) is 6.59. The zero-order valence-electron chi connectivity index (χ0n) is 12.8. The van der Waals surface area contributed by atoms with Gasteiger partial charge in [0, 0.05) is 7.11 Å². The lowest BCUT2D eigenvalue weighted by atomic mass is 9.73. The van der Waals surface area contributed by atoms with Crippen molar-refractivity contribution in [1.29, 1.82) is 0 Å². The Kier molecular flexibility index (Phi) is 5.06. The molecule has 1 aliphatic rings. The summed E-state index contributed by atoms with van der Waals surface area (Å²) in [5.74, 6) is 0.841. The van der Waals surface area contributed by atoms with Crippen molar-refractivity contribution in [3.63, 3.8) is 0 Å². The van der Waals surface area contributed by atoms with Gasteiger partial charge in [-0.2, -0.15) is 0 Å². The number of hydrogen-bond donors (Lipinski definition) is 1. The minimum Gasteiger partial charge on any atom is -0.488 e. The maximum absolute atomic E-state index is 10.4. The van der Waals surface area contributed by atoms with Gasteiger partial charge in [0.05, 0.1) is 12.7 Å². The minimum atomic E-state index is -0.399. The average Bonchev–Trinajstić information content (AvgIpc) is 2.43. The molecule has 0 spiro atoms. The summed E-state index contributed by atoms with van der Waals surface area (Å²) < 4.78 is 11.1. The van der Waals surface area contributed by atoms with Crippen LogP contribution in [0.4, 0.5) is 0 Å². The number of ether oxygens (including phenoxy) is 2. The summed E-state index contributed by atoms with van der Waals surface area (Å²) in [5.41, 5.74) is 1.19. The van der Waals surface area contributed by atoms with Crippen molar-refractivity contribution in [2.24, 2.45) is 5.41 Å². The lowest BCUT2D eigenvalue weighted by Crippen LogP contribution is -2.46. The van der Waals surface area contributed by atoms with Crippen LogP contribution in [0.2, 0.25) is 0 Å². The summed E-state index contributed by atoms with van der Waals surface area (Å²) >= 11 is 0. The predicted octanol–water partition coefficient (Wildman–Crippen LogP) is 3.19. The molecule has 1 aliphatic carbocycles. The van der Waals surface area contributed by atoms with E-state index in [1.807, 2.05) is 12.1 Å². The first-order valence-corrected chi connectivity index (χ1v) is 7.45. The SMILES string of the molecule is COCCc1ccc(OC2CCCC(C)(C)C2O)cc1. The summed E-state index contributed by atoms with van der Waals surface area (Å²) in [6.07, 6.45) is 3.52. The highest BCUT2D eigenvalue weighted by Crippen LogP contribution is 2.37. The molecular formula is C17H26O3. The van der Waals surface area contributed by atoms with Crippen LogP contribution in [0, 0.1) is 5.41 Å². The van der Waals surface area contributed by atoms with E-state index in [4.69, 9.17) is 9.47 Å². The molecule has 0 saturated heterocycles. The molecule has 20 heavy (non-hydrogen) atoms. The Morgan fingerprint density at radius 3 is 2.60 bits per heavy atom.